The summed E-state index contributed by atoms with van der Waals surface area (Å²) in [6.45, 7) is 0. The highest BCUT2D eigenvalue weighted by Crippen LogP contribution is 2.30. The zero-order valence-electron chi connectivity index (χ0n) is 11.2. The minimum Gasteiger partial charge on any atom is -0.417 e. The Morgan fingerprint density at radius 3 is 2.91 bits per heavy atom. The number of rotatable bonds is 3. The molecule has 22 heavy (non-hydrogen) atoms. The third-order valence-electron chi connectivity index (χ3n) is 3.01. The molecule has 4 rings (SSSR count). The second-order valence-electron chi connectivity index (χ2n) is 4.51. The Hall–Kier alpha value is -2.44. The maximum absolute atomic E-state index is 6.00. The van der Waals surface area contributed by atoms with Crippen LogP contribution in [0.4, 0.5) is 11.5 Å². The van der Waals surface area contributed by atoms with E-state index in [1.807, 2.05) is 41.8 Å². The van der Waals surface area contributed by atoms with E-state index in [1.54, 1.807) is 11.3 Å². The summed E-state index contributed by atoms with van der Waals surface area (Å²) in [7, 11) is 0. The molecule has 0 aliphatic rings. The van der Waals surface area contributed by atoms with E-state index in [1.165, 1.54) is 6.33 Å². The number of fused-ring (bicyclic) bond motifs is 1. The van der Waals surface area contributed by atoms with E-state index in [0.717, 1.165) is 10.6 Å². The van der Waals surface area contributed by atoms with Crippen LogP contribution in [0.15, 0.2) is 52.5 Å². The number of thiophene rings is 1. The van der Waals surface area contributed by atoms with Crippen molar-refractivity contribution in [1.82, 2.24) is 15.0 Å². The van der Waals surface area contributed by atoms with E-state index in [9.17, 15) is 0 Å². The van der Waals surface area contributed by atoms with Gasteiger partial charge < -0.3 is 9.73 Å². The maximum Gasteiger partial charge on any atom is 0.252 e. The summed E-state index contributed by atoms with van der Waals surface area (Å²) in [6, 6.07) is 11.3. The average molecular weight is 329 g/mol. The Kier molecular flexibility index (Phi) is 3.25. The smallest absolute Gasteiger partial charge is 0.252 e. The first-order chi connectivity index (χ1) is 10.8. The van der Waals surface area contributed by atoms with Gasteiger partial charge in [0.05, 0.1) is 4.88 Å². The van der Waals surface area contributed by atoms with Gasteiger partial charge in [0.2, 0.25) is 5.89 Å². The van der Waals surface area contributed by atoms with Gasteiger partial charge in [-0.25, -0.2) is 9.97 Å². The van der Waals surface area contributed by atoms with E-state index < -0.39 is 0 Å². The van der Waals surface area contributed by atoms with Crippen molar-refractivity contribution in [2.75, 3.05) is 5.32 Å². The van der Waals surface area contributed by atoms with Gasteiger partial charge >= 0.3 is 0 Å². The van der Waals surface area contributed by atoms with Crippen LogP contribution in [0.1, 0.15) is 0 Å². The molecule has 0 unspecified atom stereocenters. The lowest BCUT2D eigenvalue weighted by Crippen LogP contribution is -1.95. The van der Waals surface area contributed by atoms with E-state index >= 15 is 0 Å². The van der Waals surface area contributed by atoms with E-state index in [-0.39, 0.29) is 0 Å². The minimum atomic E-state index is 0.447. The first-order valence-corrected chi connectivity index (χ1v) is 7.73. The molecule has 0 radical (unpaired) electrons. The lowest BCUT2D eigenvalue weighted by molar-refractivity contribution is 0.609. The van der Waals surface area contributed by atoms with Crippen molar-refractivity contribution >= 4 is 45.7 Å². The molecule has 4 aromatic rings. The second kappa shape index (κ2) is 5.40. The number of nitrogens with one attached hydrogen (secondary N) is 1. The fraction of sp³-hybridized carbons (Fsp3) is 0. The summed E-state index contributed by atoms with van der Waals surface area (Å²) in [5.74, 6) is 1.12. The SMILES string of the molecule is Clc1cccc(Nc2ncnc3oc(-c4cccs4)nc23)c1. The first kappa shape index (κ1) is 13.2. The van der Waals surface area contributed by atoms with Gasteiger partial charge in [-0.2, -0.15) is 4.98 Å². The predicted molar refractivity (Wildman–Crippen MR) is 87.6 cm³/mol. The van der Waals surface area contributed by atoms with Crippen LogP contribution < -0.4 is 5.32 Å². The van der Waals surface area contributed by atoms with Crippen LogP contribution in [0.25, 0.3) is 22.0 Å². The molecule has 0 amide bonds. The van der Waals surface area contributed by atoms with E-state index in [0.29, 0.717) is 28.0 Å². The molecular formula is C15H9ClN4OS. The lowest BCUT2D eigenvalue weighted by Gasteiger charge is -2.05. The van der Waals surface area contributed by atoms with Crippen molar-refractivity contribution in [2.45, 2.75) is 0 Å². The number of benzene rings is 1. The van der Waals surface area contributed by atoms with Crippen LogP contribution in [-0.4, -0.2) is 15.0 Å². The van der Waals surface area contributed by atoms with Crippen molar-refractivity contribution < 1.29 is 4.42 Å². The van der Waals surface area contributed by atoms with Gasteiger partial charge in [-0.05, 0) is 29.6 Å². The van der Waals surface area contributed by atoms with E-state index in [2.05, 4.69) is 20.3 Å². The molecule has 0 aliphatic heterocycles. The Balaban J connectivity index is 1.78. The molecule has 0 aliphatic carbocycles. The van der Waals surface area contributed by atoms with Gasteiger partial charge in [-0.3, -0.25) is 0 Å². The number of hydrogen-bond donors (Lipinski definition) is 1. The minimum absolute atomic E-state index is 0.447. The van der Waals surface area contributed by atoms with Gasteiger partial charge in [0.25, 0.3) is 5.71 Å². The third-order valence-corrected chi connectivity index (χ3v) is 4.11. The highest BCUT2D eigenvalue weighted by atomic mass is 35.5. The molecule has 0 fully saturated rings. The molecule has 3 aromatic heterocycles. The Morgan fingerprint density at radius 2 is 2.09 bits per heavy atom. The molecule has 3 heterocycles. The number of oxazole rings is 1. The monoisotopic (exact) mass is 328 g/mol. The van der Waals surface area contributed by atoms with Gasteiger partial charge in [0.15, 0.2) is 11.3 Å². The summed E-state index contributed by atoms with van der Waals surface area (Å²) in [5, 5.41) is 5.81. The van der Waals surface area contributed by atoms with E-state index in [4.69, 9.17) is 16.0 Å². The molecule has 1 N–H and O–H groups in total. The number of halogens is 1. The maximum atomic E-state index is 6.00. The highest BCUT2D eigenvalue weighted by molar-refractivity contribution is 7.13. The first-order valence-electron chi connectivity index (χ1n) is 6.47. The second-order valence-corrected chi connectivity index (χ2v) is 5.89. The highest BCUT2D eigenvalue weighted by Gasteiger charge is 2.14. The van der Waals surface area contributed by atoms with Crippen molar-refractivity contribution in [3.8, 4) is 10.8 Å². The van der Waals surface area contributed by atoms with Crippen molar-refractivity contribution in [3.05, 3.63) is 53.1 Å². The third kappa shape index (κ3) is 2.43. The largest absolute Gasteiger partial charge is 0.417 e. The molecule has 0 atom stereocenters. The Labute approximate surface area is 134 Å². The number of aromatic nitrogens is 3. The fourth-order valence-electron chi connectivity index (χ4n) is 2.05. The molecule has 0 bridgehead atoms. The van der Waals surface area contributed by atoms with Gasteiger partial charge in [0.1, 0.15) is 6.33 Å². The average Bonchev–Trinajstić information content (AvgIpc) is 3.17. The van der Waals surface area contributed by atoms with Crippen LogP contribution >= 0.6 is 22.9 Å². The molecule has 0 saturated heterocycles. The predicted octanol–water partition coefficient (Wildman–Crippen LogP) is 4.74. The number of hydrogen-bond acceptors (Lipinski definition) is 6. The van der Waals surface area contributed by atoms with Crippen molar-refractivity contribution in [2.24, 2.45) is 0 Å². The lowest BCUT2D eigenvalue weighted by atomic mass is 10.3. The molecule has 108 valence electrons. The fourth-order valence-corrected chi connectivity index (χ4v) is 2.89. The number of anilines is 2. The number of nitrogens with zero attached hydrogens (tertiary/aromatic N) is 3. The summed E-state index contributed by atoms with van der Waals surface area (Å²) >= 11 is 7.56. The van der Waals surface area contributed by atoms with Crippen molar-refractivity contribution in [1.29, 1.82) is 0 Å². The molecule has 7 heteroatoms. The molecule has 0 saturated carbocycles. The van der Waals surface area contributed by atoms with Crippen LogP contribution in [0.2, 0.25) is 5.02 Å². The van der Waals surface area contributed by atoms with Crippen LogP contribution in [0.5, 0.6) is 0 Å². The van der Waals surface area contributed by atoms with Crippen molar-refractivity contribution in [3.63, 3.8) is 0 Å². The Morgan fingerprint density at radius 1 is 1.14 bits per heavy atom. The molecular weight excluding hydrogens is 320 g/mol. The van der Waals surface area contributed by atoms with Crippen LogP contribution in [0, 0.1) is 0 Å². The van der Waals surface area contributed by atoms with Gasteiger partial charge in [-0.15, -0.1) is 11.3 Å². The quantitative estimate of drug-likeness (QED) is 0.588. The summed E-state index contributed by atoms with van der Waals surface area (Å²) in [4.78, 5) is 13.8. The molecule has 5 nitrogen and oxygen atoms in total. The summed E-state index contributed by atoms with van der Waals surface area (Å²) < 4.78 is 5.70. The zero-order valence-corrected chi connectivity index (χ0v) is 12.7. The summed E-state index contributed by atoms with van der Waals surface area (Å²) in [6.07, 6.45) is 1.44. The van der Waals surface area contributed by atoms with Crippen LogP contribution in [-0.2, 0) is 0 Å². The molecule has 1 aromatic carbocycles. The van der Waals surface area contributed by atoms with Gasteiger partial charge in [-0.1, -0.05) is 23.7 Å². The topological polar surface area (TPSA) is 63.8 Å². The standard InChI is InChI=1S/C15H9ClN4OS/c16-9-3-1-4-10(7-9)19-13-12-15(18-8-17-13)21-14(20-12)11-5-2-6-22-11/h1-8H,(H,17,18,19). The van der Waals surface area contributed by atoms with Gasteiger partial charge in [0, 0.05) is 10.7 Å². The Bertz CT molecular complexity index is 936. The zero-order chi connectivity index (χ0) is 14.9. The normalized spacial score (nSPS) is 11.0. The summed E-state index contributed by atoms with van der Waals surface area (Å²) in [5.41, 5.74) is 1.86. The molecule has 0 spiro atoms. The van der Waals surface area contributed by atoms with Crippen LogP contribution in [0.3, 0.4) is 0 Å².